The Morgan fingerprint density at radius 3 is 2.19 bits per heavy atom. The Bertz CT molecular complexity index is 707. The van der Waals surface area contributed by atoms with Crippen molar-refractivity contribution in [3.05, 3.63) is 66.2 Å². The molecular weight excluding hydrogens is 278 g/mol. The van der Waals surface area contributed by atoms with Gasteiger partial charge in [0.2, 0.25) is 0 Å². The molecule has 1 heterocycles. The van der Waals surface area contributed by atoms with E-state index in [2.05, 4.69) is 58.1 Å². The van der Waals surface area contributed by atoms with Gasteiger partial charge in [-0.2, -0.15) is 0 Å². The highest BCUT2D eigenvalue weighted by atomic mass is 32.2. The lowest BCUT2D eigenvalue weighted by Crippen LogP contribution is -1.96. The zero-order valence-corrected chi connectivity index (χ0v) is 12.9. The maximum Gasteiger partial charge on any atom is 0.191 e. The van der Waals surface area contributed by atoms with Crippen LogP contribution in [0.3, 0.4) is 0 Å². The van der Waals surface area contributed by atoms with Gasteiger partial charge in [-0.05, 0) is 12.5 Å². The van der Waals surface area contributed by atoms with Crippen LogP contribution in [0.25, 0.3) is 11.4 Å². The van der Waals surface area contributed by atoms with Crippen molar-refractivity contribution in [3.63, 3.8) is 0 Å². The van der Waals surface area contributed by atoms with Gasteiger partial charge in [0, 0.05) is 17.9 Å². The molecule has 0 aliphatic heterocycles. The van der Waals surface area contributed by atoms with Crippen LogP contribution in [0.5, 0.6) is 0 Å². The Labute approximate surface area is 129 Å². The fraction of sp³-hybridized carbons (Fsp3) is 0.176. The second-order valence-corrected chi connectivity index (χ2v) is 6.21. The van der Waals surface area contributed by atoms with Crippen LogP contribution in [-0.2, 0) is 7.05 Å². The molecule has 21 heavy (non-hydrogen) atoms. The first-order valence-corrected chi connectivity index (χ1v) is 7.80. The number of aromatic nitrogens is 3. The van der Waals surface area contributed by atoms with Crippen molar-refractivity contribution in [2.45, 2.75) is 17.3 Å². The molecule has 0 saturated carbocycles. The van der Waals surface area contributed by atoms with E-state index in [1.165, 1.54) is 5.56 Å². The van der Waals surface area contributed by atoms with Gasteiger partial charge >= 0.3 is 0 Å². The fourth-order valence-corrected chi connectivity index (χ4v) is 3.15. The lowest BCUT2D eigenvalue weighted by molar-refractivity contribution is 0.790. The highest BCUT2D eigenvalue weighted by molar-refractivity contribution is 7.99. The van der Waals surface area contributed by atoms with Crippen LogP contribution in [0.15, 0.2) is 65.8 Å². The van der Waals surface area contributed by atoms with Gasteiger partial charge in [-0.25, -0.2) is 0 Å². The van der Waals surface area contributed by atoms with E-state index in [0.29, 0.717) is 5.25 Å². The first-order chi connectivity index (χ1) is 10.3. The fourth-order valence-electron chi connectivity index (χ4n) is 2.21. The summed E-state index contributed by atoms with van der Waals surface area (Å²) in [5.74, 6) is 0.901. The van der Waals surface area contributed by atoms with Gasteiger partial charge in [-0.15, -0.1) is 10.2 Å². The molecule has 0 saturated heterocycles. The highest BCUT2D eigenvalue weighted by Gasteiger charge is 2.14. The first kappa shape index (κ1) is 13.9. The molecule has 3 nitrogen and oxygen atoms in total. The van der Waals surface area contributed by atoms with E-state index in [0.717, 1.165) is 16.5 Å². The van der Waals surface area contributed by atoms with E-state index in [9.17, 15) is 0 Å². The van der Waals surface area contributed by atoms with Gasteiger partial charge in [0.25, 0.3) is 0 Å². The zero-order chi connectivity index (χ0) is 14.7. The minimum atomic E-state index is 0.345. The Balaban J connectivity index is 1.83. The van der Waals surface area contributed by atoms with Crippen LogP contribution in [0, 0.1) is 0 Å². The predicted molar refractivity (Wildman–Crippen MR) is 87.2 cm³/mol. The third-order valence-electron chi connectivity index (χ3n) is 3.42. The number of nitrogens with zero attached hydrogens (tertiary/aromatic N) is 3. The Kier molecular flexibility index (Phi) is 4.06. The van der Waals surface area contributed by atoms with Gasteiger partial charge in [-0.3, -0.25) is 0 Å². The summed E-state index contributed by atoms with van der Waals surface area (Å²) in [5.41, 5.74) is 2.39. The third-order valence-corrected chi connectivity index (χ3v) is 4.61. The zero-order valence-electron chi connectivity index (χ0n) is 12.1. The highest BCUT2D eigenvalue weighted by Crippen LogP contribution is 2.34. The van der Waals surface area contributed by atoms with Gasteiger partial charge < -0.3 is 4.57 Å². The molecule has 0 spiro atoms. The second kappa shape index (κ2) is 6.14. The van der Waals surface area contributed by atoms with Crippen molar-refractivity contribution in [2.24, 2.45) is 7.05 Å². The molecule has 1 aromatic heterocycles. The smallest absolute Gasteiger partial charge is 0.191 e. The summed E-state index contributed by atoms with van der Waals surface area (Å²) < 4.78 is 2.06. The summed E-state index contributed by atoms with van der Waals surface area (Å²) in [6.45, 7) is 2.19. The molecule has 0 amide bonds. The largest absolute Gasteiger partial charge is 0.305 e. The maximum absolute atomic E-state index is 4.33. The lowest BCUT2D eigenvalue weighted by Gasteiger charge is -2.11. The Morgan fingerprint density at radius 2 is 1.52 bits per heavy atom. The molecule has 0 aliphatic rings. The molecule has 0 aliphatic carbocycles. The maximum atomic E-state index is 4.33. The number of hydrogen-bond donors (Lipinski definition) is 0. The topological polar surface area (TPSA) is 30.7 Å². The van der Waals surface area contributed by atoms with E-state index in [1.807, 2.05) is 31.3 Å². The van der Waals surface area contributed by atoms with Crippen molar-refractivity contribution in [2.75, 3.05) is 0 Å². The number of thioether (sulfide) groups is 1. The van der Waals surface area contributed by atoms with Gasteiger partial charge in [0.05, 0.1) is 0 Å². The SMILES string of the molecule is CC(Sc1nnc(-c2ccccc2)n1C)c1ccccc1. The molecule has 0 radical (unpaired) electrons. The second-order valence-electron chi connectivity index (χ2n) is 4.90. The lowest BCUT2D eigenvalue weighted by atomic mass is 10.2. The molecule has 3 aromatic rings. The van der Waals surface area contributed by atoms with E-state index < -0.39 is 0 Å². The summed E-state index contributed by atoms with van der Waals surface area (Å²) in [6.07, 6.45) is 0. The van der Waals surface area contributed by atoms with E-state index in [4.69, 9.17) is 0 Å². The molecule has 0 bridgehead atoms. The van der Waals surface area contributed by atoms with Crippen LogP contribution in [0.2, 0.25) is 0 Å². The van der Waals surface area contributed by atoms with Crippen molar-refractivity contribution in [1.29, 1.82) is 0 Å². The molecule has 4 heteroatoms. The van der Waals surface area contributed by atoms with E-state index in [1.54, 1.807) is 11.8 Å². The van der Waals surface area contributed by atoms with Gasteiger partial charge in [0.15, 0.2) is 11.0 Å². The molecule has 1 atom stereocenters. The van der Waals surface area contributed by atoms with Crippen LogP contribution in [0.4, 0.5) is 0 Å². The van der Waals surface area contributed by atoms with E-state index >= 15 is 0 Å². The molecule has 2 aromatic carbocycles. The molecule has 1 unspecified atom stereocenters. The van der Waals surface area contributed by atoms with E-state index in [-0.39, 0.29) is 0 Å². The summed E-state index contributed by atoms with van der Waals surface area (Å²) in [4.78, 5) is 0. The van der Waals surface area contributed by atoms with Gasteiger partial charge in [0.1, 0.15) is 0 Å². The van der Waals surface area contributed by atoms with Crippen LogP contribution in [-0.4, -0.2) is 14.8 Å². The Morgan fingerprint density at radius 1 is 0.905 bits per heavy atom. The van der Waals surface area contributed by atoms with Crippen molar-refractivity contribution in [1.82, 2.24) is 14.8 Å². The van der Waals surface area contributed by atoms with Gasteiger partial charge in [-0.1, -0.05) is 72.4 Å². The number of hydrogen-bond acceptors (Lipinski definition) is 3. The first-order valence-electron chi connectivity index (χ1n) is 6.92. The van der Waals surface area contributed by atoms with Crippen molar-refractivity contribution in [3.8, 4) is 11.4 Å². The molecule has 3 rings (SSSR count). The third kappa shape index (κ3) is 3.00. The van der Waals surface area contributed by atoms with Crippen LogP contribution >= 0.6 is 11.8 Å². The number of benzene rings is 2. The summed E-state index contributed by atoms with van der Waals surface area (Å²) in [7, 11) is 2.02. The molecule has 0 fully saturated rings. The van der Waals surface area contributed by atoms with Crippen LogP contribution < -0.4 is 0 Å². The quantitative estimate of drug-likeness (QED) is 0.671. The minimum absolute atomic E-state index is 0.345. The number of rotatable bonds is 4. The summed E-state index contributed by atoms with van der Waals surface area (Å²) in [5, 5.41) is 9.94. The predicted octanol–water partition coefficient (Wildman–Crippen LogP) is 4.34. The Hall–Kier alpha value is -2.07. The van der Waals surface area contributed by atoms with Crippen molar-refractivity contribution < 1.29 is 0 Å². The summed E-state index contributed by atoms with van der Waals surface area (Å²) in [6, 6.07) is 20.6. The summed E-state index contributed by atoms with van der Waals surface area (Å²) >= 11 is 1.73. The normalized spacial score (nSPS) is 12.3. The molecular formula is C17H17N3S. The average Bonchev–Trinajstić information content (AvgIpc) is 2.90. The standard InChI is InChI=1S/C17H17N3S/c1-13(14-9-5-3-6-10-14)21-17-19-18-16(20(17)2)15-11-7-4-8-12-15/h3-13H,1-2H3. The van der Waals surface area contributed by atoms with Crippen molar-refractivity contribution >= 4 is 11.8 Å². The average molecular weight is 295 g/mol. The monoisotopic (exact) mass is 295 g/mol. The minimum Gasteiger partial charge on any atom is -0.305 e. The molecule has 106 valence electrons. The molecule has 0 N–H and O–H groups in total. The van der Waals surface area contributed by atoms with Crippen LogP contribution in [0.1, 0.15) is 17.7 Å².